The Kier molecular flexibility index (Phi) is 5.45. The average Bonchev–Trinajstić information content (AvgIpc) is 3.21. The van der Waals surface area contributed by atoms with E-state index in [4.69, 9.17) is 9.97 Å². The van der Waals surface area contributed by atoms with Crippen LogP contribution in [0.1, 0.15) is 25.7 Å². The summed E-state index contributed by atoms with van der Waals surface area (Å²) in [6, 6.07) is 21.0. The lowest BCUT2D eigenvalue weighted by Crippen LogP contribution is -2.30. The van der Waals surface area contributed by atoms with E-state index in [0.29, 0.717) is 6.04 Å². The van der Waals surface area contributed by atoms with Crippen LogP contribution in [0.3, 0.4) is 0 Å². The van der Waals surface area contributed by atoms with Gasteiger partial charge in [0.05, 0.1) is 17.6 Å². The Morgan fingerprint density at radius 3 is 2.26 bits per heavy atom. The number of hydrogen-bond acceptors (Lipinski definition) is 4. The molecule has 0 unspecified atom stereocenters. The normalized spacial score (nSPS) is 16.6. The second-order valence-corrected chi connectivity index (χ2v) is 7.01. The number of aliphatic hydroxyl groups is 1. The molecule has 4 nitrogen and oxygen atoms in total. The molecule has 1 fully saturated rings. The van der Waals surface area contributed by atoms with Gasteiger partial charge in [0.1, 0.15) is 5.82 Å². The number of aliphatic hydroxyl groups excluding tert-OH is 1. The van der Waals surface area contributed by atoms with E-state index < -0.39 is 0 Å². The fourth-order valence-corrected chi connectivity index (χ4v) is 3.89. The minimum absolute atomic E-state index is 0.248. The van der Waals surface area contributed by atoms with Crippen molar-refractivity contribution in [3.63, 3.8) is 0 Å². The van der Waals surface area contributed by atoms with E-state index in [1.165, 1.54) is 6.42 Å². The number of anilines is 1. The van der Waals surface area contributed by atoms with E-state index in [-0.39, 0.29) is 6.61 Å². The molecule has 4 heteroatoms. The molecule has 0 amide bonds. The quantitative estimate of drug-likeness (QED) is 0.701. The third-order valence-corrected chi connectivity index (χ3v) is 5.22. The highest BCUT2D eigenvalue weighted by molar-refractivity contribution is 5.78. The van der Waals surface area contributed by atoms with Gasteiger partial charge < -0.3 is 10.0 Å². The Morgan fingerprint density at radius 1 is 0.926 bits per heavy atom. The van der Waals surface area contributed by atoms with Crippen molar-refractivity contribution in [2.75, 3.05) is 18.1 Å². The van der Waals surface area contributed by atoms with Crippen molar-refractivity contribution in [3.05, 3.63) is 66.9 Å². The molecule has 1 N–H and O–H groups in total. The standard InChI is InChI=1S/C23H25N3O/c27-16-8-14-20-13-7-15-26(20)21-17-24-22(18-9-3-1-4-10-18)23(25-21)19-11-5-2-6-12-19/h1-6,9-12,17,20,27H,7-8,13-16H2/t20-/m1/s1. The third kappa shape index (κ3) is 3.86. The van der Waals surface area contributed by atoms with Crippen LogP contribution >= 0.6 is 0 Å². The number of hydrogen-bond donors (Lipinski definition) is 1. The van der Waals surface area contributed by atoms with E-state index in [9.17, 15) is 5.11 Å². The lowest BCUT2D eigenvalue weighted by atomic mass is 10.0. The zero-order valence-corrected chi connectivity index (χ0v) is 15.5. The van der Waals surface area contributed by atoms with Crippen LogP contribution in [0, 0.1) is 0 Å². The van der Waals surface area contributed by atoms with E-state index in [2.05, 4.69) is 29.2 Å². The smallest absolute Gasteiger partial charge is 0.148 e. The fraction of sp³-hybridized carbons (Fsp3) is 0.304. The molecule has 1 saturated heterocycles. The van der Waals surface area contributed by atoms with Crippen LogP contribution < -0.4 is 4.90 Å². The zero-order chi connectivity index (χ0) is 18.5. The predicted octanol–water partition coefficient (Wildman–Crippen LogP) is 4.55. The molecule has 0 bridgehead atoms. The van der Waals surface area contributed by atoms with Crippen LogP contribution in [-0.2, 0) is 0 Å². The molecule has 2 heterocycles. The maximum Gasteiger partial charge on any atom is 0.148 e. The van der Waals surface area contributed by atoms with Gasteiger partial charge in [0.25, 0.3) is 0 Å². The Balaban J connectivity index is 1.75. The Morgan fingerprint density at radius 2 is 1.59 bits per heavy atom. The monoisotopic (exact) mass is 359 g/mol. The fourth-order valence-electron chi connectivity index (χ4n) is 3.89. The number of rotatable bonds is 6. The van der Waals surface area contributed by atoms with Crippen LogP contribution in [0.15, 0.2) is 66.9 Å². The number of benzene rings is 2. The third-order valence-electron chi connectivity index (χ3n) is 5.22. The van der Waals surface area contributed by atoms with Crippen molar-refractivity contribution >= 4 is 5.82 Å². The summed E-state index contributed by atoms with van der Waals surface area (Å²) < 4.78 is 0. The first-order valence-corrected chi connectivity index (χ1v) is 9.72. The molecule has 1 aromatic heterocycles. The van der Waals surface area contributed by atoms with Crippen LogP contribution in [-0.4, -0.2) is 34.3 Å². The van der Waals surface area contributed by atoms with Crippen molar-refractivity contribution in [3.8, 4) is 22.5 Å². The molecule has 1 aliphatic rings. The minimum Gasteiger partial charge on any atom is -0.396 e. The Hall–Kier alpha value is -2.72. The molecule has 4 rings (SSSR count). The minimum atomic E-state index is 0.248. The molecule has 3 aromatic rings. The van der Waals surface area contributed by atoms with Gasteiger partial charge in [0.2, 0.25) is 0 Å². The first kappa shape index (κ1) is 17.7. The van der Waals surface area contributed by atoms with Crippen LogP contribution in [0.5, 0.6) is 0 Å². The second-order valence-electron chi connectivity index (χ2n) is 7.01. The molecule has 1 aliphatic heterocycles. The summed E-state index contributed by atoms with van der Waals surface area (Å²) in [6.07, 6.45) is 6.06. The second kappa shape index (κ2) is 8.31. The summed E-state index contributed by atoms with van der Waals surface area (Å²) in [4.78, 5) is 12.3. The molecule has 27 heavy (non-hydrogen) atoms. The van der Waals surface area contributed by atoms with Crippen LogP contribution in [0.4, 0.5) is 5.82 Å². The highest BCUT2D eigenvalue weighted by atomic mass is 16.2. The van der Waals surface area contributed by atoms with Gasteiger partial charge in [-0.2, -0.15) is 0 Å². The van der Waals surface area contributed by atoms with Gasteiger partial charge >= 0.3 is 0 Å². The molecule has 0 aliphatic carbocycles. The van der Waals surface area contributed by atoms with Crippen molar-refractivity contribution < 1.29 is 5.11 Å². The van der Waals surface area contributed by atoms with Gasteiger partial charge in [-0.25, -0.2) is 4.98 Å². The molecule has 0 saturated carbocycles. The van der Waals surface area contributed by atoms with Gasteiger partial charge in [-0.15, -0.1) is 0 Å². The van der Waals surface area contributed by atoms with Crippen molar-refractivity contribution in [1.29, 1.82) is 0 Å². The molecular formula is C23H25N3O. The van der Waals surface area contributed by atoms with Gasteiger partial charge in [-0.05, 0) is 25.7 Å². The van der Waals surface area contributed by atoms with E-state index in [1.807, 2.05) is 42.6 Å². The van der Waals surface area contributed by atoms with Crippen molar-refractivity contribution in [2.24, 2.45) is 0 Å². The molecular weight excluding hydrogens is 334 g/mol. The summed E-state index contributed by atoms with van der Waals surface area (Å²) >= 11 is 0. The highest BCUT2D eigenvalue weighted by Crippen LogP contribution is 2.33. The van der Waals surface area contributed by atoms with Gasteiger partial charge in [0.15, 0.2) is 0 Å². The number of nitrogens with zero attached hydrogens (tertiary/aromatic N) is 3. The summed E-state index contributed by atoms with van der Waals surface area (Å²) in [5, 5.41) is 9.19. The largest absolute Gasteiger partial charge is 0.396 e. The summed E-state index contributed by atoms with van der Waals surface area (Å²) in [6.45, 7) is 1.25. The van der Waals surface area contributed by atoms with Gasteiger partial charge in [-0.1, -0.05) is 60.7 Å². The first-order valence-electron chi connectivity index (χ1n) is 9.72. The molecule has 138 valence electrons. The Bertz CT molecular complexity index is 867. The van der Waals surface area contributed by atoms with Gasteiger partial charge in [-0.3, -0.25) is 4.98 Å². The van der Waals surface area contributed by atoms with E-state index in [1.54, 1.807) is 0 Å². The van der Waals surface area contributed by atoms with E-state index >= 15 is 0 Å². The first-order chi connectivity index (χ1) is 13.4. The summed E-state index contributed by atoms with van der Waals surface area (Å²) in [7, 11) is 0. The van der Waals surface area contributed by atoms with Crippen molar-refractivity contribution in [1.82, 2.24) is 9.97 Å². The van der Waals surface area contributed by atoms with Gasteiger partial charge in [0, 0.05) is 30.3 Å². The average molecular weight is 359 g/mol. The summed E-state index contributed by atoms with van der Waals surface area (Å²) in [5.74, 6) is 0.939. The predicted molar refractivity (Wildman–Crippen MR) is 110 cm³/mol. The van der Waals surface area contributed by atoms with Crippen LogP contribution in [0.25, 0.3) is 22.5 Å². The Labute approximate surface area is 160 Å². The zero-order valence-electron chi connectivity index (χ0n) is 15.5. The maximum atomic E-state index is 9.19. The lowest BCUT2D eigenvalue weighted by Gasteiger charge is -2.26. The maximum absolute atomic E-state index is 9.19. The van der Waals surface area contributed by atoms with Crippen LogP contribution in [0.2, 0.25) is 0 Å². The molecule has 0 radical (unpaired) electrons. The molecule has 1 atom stereocenters. The molecule has 0 spiro atoms. The number of aromatic nitrogens is 2. The van der Waals surface area contributed by atoms with E-state index in [0.717, 1.165) is 54.1 Å². The highest BCUT2D eigenvalue weighted by Gasteiger charge is 2.26. The summed E-state index contributed by atoms with van der Waals surface area (Å²) in [5.41, 5.74) is 3.99. The lowest BCUT2D eigenvalue weighted by molar-refractivity contribution is 0.279. The topological polar surface area (TPSA) is 49.2 Å². The van der Waals surface area contributed by atoms with Crippen molar-refractivity contribution in [2.45, 2.75) is 31.7 Å². The SMILES string of the molecule is OCCC[C@H]1CCCN1c1cnc(-c2ccccc2)c(-c2ccccc2)n1. The molecule has 2 aromatic carbocycles.